The van der Waals surface area contributed by atoms with Gasteiger partial charge in [0.1, 0.15) is 0 Å². The maximum atomic E-state index is 11.1. The van der Waals surface area contributed by atoms with Crippen LogP contribution in [-0.2, 0) is 0 Å². The molecule has 0 spiro atoms. The maximum absolute atomic E-state index is 11.1. The van der Waals surface area contributed by atoms with Gasteiger partial charge in [0.2, 0.25) is 5.82 Å². The van der Waals surface area contributed by atoms with Crippen LogP contribution < -0.4 is 5.32 Å². The first kappa shape index (κ1) is 17.9. The lowest BCUT2D eigenvalue weighted by Crippen LogP contribution is -2.46. The highest BCUT2D eigenvalue weighted by Gasteiger charge is 2.25. The van der Waals surface area contributed by atoms with Gasteiger partial charge in [-0.2, -0.15) is 0 Å². The first-order valence-electron chi connectivity index (χ1n) is 7.76. The van der Waals surface area contributed by atoms with Crippen molar-refractivity contribution in [2.24, 2.45) is 0 Å². The minimum absolute atomic E-state index is 0.0924. The van der Waals surface area contributed by atoms with Gasteiger partial charge in [-0.15, -0.1) is 0 Å². The fourth-order valence-corrected chi connectivity index (χ4v) is 2.71. The summed E-state index contributed by atoms with van der Waals surface area (Å²) < 4.78 is 0. The van der Waals surface area contributed by atoms with E-state index in [0.29, 0.717) is 0 Å². The molecule has 1 aliphatic heterocycles. The van der Waals surface area contributed by atoms with Gasteiger partial charge in [-0.3, -0.25) is 10.1 Å². The lowest BCUT2D eigenvalue weighted by molar-refractivity contribution is -0.384. The quantitative estimate of drug-likeness (QED) is 0.633. The standard InChI is InChI=1S/C15H24ClN5O2/c1-15(2,4-5-20-8-6-19(3)7-9-20)18-14-13(21(22)23)10-12(16)11-17-14/h10-11H,4-9H2,1-3H3,(H,17,18). The van der Waals surface area contributed by atoms with E-state index in [1.54, 1.807) is 0 Å². The molecule has 0 atom stereocenters. The molecule has 8 heteroatoms. The zero-order valence-electron chi connectivity index (χ0n) is 13.9. The van der Waals surface area contributed by atoms with Crippen LogP contribution in [0.2, 0.25) is 5.02 Å². The summed E-state index contributed by atoms with van der Waals surface area (Å²) >= 11 is 5.80. The highest BCUT2D eigenvalue weighted by Crippen LogP contribution is 2.28. The summed E-state index contributed by atoms with van der Waals surface area (Å²) in [6.45, 7) is 9.30. The number of rotatable bonds is 6. The smallest absolute Gasteiger partial charge is 0.312 e. The highest BCUT2D eigenvalue weighted by atomic mass is 35.5. The molecule has 1 aliphatic rings. The predicted octanol–water partition coefficient (Wildman–Crippen LogP) is 2.47. The van der Waals surface area contributed by atoms with Crippen LogP contribution in [0.4, 0.5) is 11.5 Å². The van der Waals surface area contributed by atoms with E-state index >= 15 is 0 Å². The van der Waals surface area contributed by atoms with Crippen LogP contribution in [0.5, 0.6) is 0 Å². The molecule has 2 heterocycles. The number of piperazine rings is 1. The Kier molecular flexibility index (Phi) is 5.78. The summed E-state index contributed by atoms with van der Waals surface area (Å²) in [5.74, 6) is 0.266. The van der Waals surface area contributed by atoms with Crippen LogP contribution in [0.15, 0.2) is 12.3 Å². The fraction of sp³-hybridized carbons (Fsp3) is 0.667. The summed E-state index contributed by atoms with van der Waals surface area (Å²) in [7, 11) is 2.13. The Morgan fingerprint density at radius 2 is 2.04 bits per heavy atom. The van der Waals surface area contributed by atoms with E-state index in [0.717, 1.165) is 39.1 Å². The van der Waals surface area contributed by atoms with Gasteiger partial charge in [0.15, 0.2) is 0 Å². The summed E-state index contributed by atoms with van der Waals surface area (Å²) in [6, 6.07) is 1.33. The van der Waals surface area contributed by atoms with Crippen LogP contribution in [0.1, 0.15) is 20.3 Å². The molecule has 0 unspecified atom stereocenters. The van der Waals surface area contributed by atoms with E-state index in [2.05, 4.69) is 27.1 Å². The first-order valence-corrected chi connectivity index (χ1v) is 8.14. The van der Waals surface area contributed by atoms with Crippen molar-refractivity contribution >= 4 is 23.1 Å². The number of hydrogen-bond donors (Lipinski definition) is 1. The Balaban J connectivity index is 1.96. The molecule has 0 aromatic carbocycles. The van der Waals surface area contributed by atoms with Gasteiger partial charge in [0.05, 0.1) is 9.95 Å². The molecule has 1 saturated heterocycles. The number of nitrogens with zero attached hydrogens (tertiary/aromatic N) is 4. The third-order valence-electron chi connectivity index (χ3n) is 4.14. The van der Waals surface area contributed by atoms with E-state index in [4.69, 9.17) is 11.6 Å². The Labute approximate surface area is 141 Å². The molecule has 128 valence electrons. The lowest BCUT2D eigenvalue weighted by Gasteiger charge is -2.35. The molecule has 1 fully saturated rings. The van der Waals surface area contributed by atoms with Crippen LogP contribution in [-0.4, -0.2) is 65.0 Å². The third-order valence-corrected chi connectivity index (χ3v) is 4.34. The van der Waals surface area contributed by atoms with Gasteiger partial charge in [-0.1, -0.05) is 11.6 Å². The van der Waals surface area contributed by atoms with Gasteiger partial charge >= 0.3 is 5.69 Å². The predicted molar refractivity (Wildman–Crippen MR) is 92.2 cm³/mol. The SMILES string of the molecule is CN1CCN(CCC(C)(C)Nc2ncc(Cl)cc2[N+](=O)[O-])CC1. The topological polar surface area (TPSA) is 74.5 Å². The first-order chi connectivity index (χ1) is 10.8. The second-order valence-electron chi connectivity index (χ2n) is 6.68. The average molecular weight is 342 g/mol. The number of likely N-dealkylation sites (N-methyl/N-ethyl adjacent to an activating group) is 1. The van der Waals surface area contributed by atoms with Crippen LogP contribution in [0.3, 0.4) is 0 Å². The minimum atomic E-state index is -0.461. The third kappa shape index (κ3) is 5.30. The largest absolute Gasteiger partial charge is 0.359 e. The van der Waals surface area contributed by atoms with Gasteiger partial charge in [0.25, 0.3) is 0 Å². The summed E-state index contributed by atoms with van der Waals surface area (Å²) in [5, 5.41) is 14.6. The van der Waals surface area contributed by atoms with Crippen molar-refractivity contribution in [2.75, 3.05) is 45.1 Å². The normalized spacial score (nSPS) is 17.2. The molecule has 0 bridgehead atoms. The molecule has 0 aliphatic carbocycles. The summed E-state index contributed by atoms with van der Waals surface area (Å²) in [4.78, 5) is 19.5. The van der Waals surface area contributed by atoms with Gasteiger partial charge < -0.3 is 15.1 Å². The number of aromatic nitrogens is 1. The molecule has 1 N–H and O–H groups in total. The Bertz CT molecular complexity index is 559. The Hall–Kier alpha value is -1.44. The lowest BCUT2D eigenvalue weighted by atomic mass is 10.00. The van der Waals surface area contributed by atoms with Gasteiger partial charge in [-0.05, 0) is 27.3 Å². The fourth-order valence-electron chi connectivity index (χ4n) is 2.56. The van der Waals surface area contributed by atoms with Crippen molar-refractivity contribution in [3.63, 3.8) is 0 Å². The number of nitro groups is 1. The molecular formula is C15H24ClN5O2. The molecule has 7 nitrogen and oxygen atoms in total. The van der Waals surface area contributed by atoms with Crippen molar-refractivity contribution in [1.29, 1.82) is 0 Å². The highest BCUT2D eigenvalue weighted by molar-refractivity contribution is 6.30. The molecule has 1 aromatic heterocycles. The Morgan fingerprint density at radius 3 is 2.65 bits per heavy atom. The van der Waals surface area contributed by atoms with E-state index in [-0.39, 0.29) is 22.1 Å². The van der Waals surface area contributed by atoms with E-state index in [9.17, 15) is 10.1 Å². The van der Waals surface area contributed by atoms with Crippen molar-refractivity contribution in [2.45, 2.75) is 25.8 Å². The summed E-state index contributed by atoms with van der Waals surface area (Å²) in [6.07, 6.45) is 2.30. The van der Waals surface area contributed by atoms with Gasteiger partial charge in [0, 0.05) is 50.5 Å². The molecule has 0 saturated carbocycles. The van der Waals surface area contributed by atoms with E-state index < -0.39 is 4.92 Å². The molecule has 2 rings (SSSR count). The molecular weight excluding hydrogens is 318 g/mol. The van der Waals surface area contributed by atoms with Crippen molar-refractivity contribution in [3.8, 4) is 0 Å². The molecule has 0 radical (unpaired) electrons. The zero-order valence-corrected chi connectivity index (χ0v) is 14.6. The number of halogens is 1. The van der Waals surface area contributed by atoms with Crippen LogP contribution in [0.25, 0.3) is 0 Å². The number of pyridine rings is 1. The molecule has 1 aromatic rings. The molecule has 0 amide bonds. The maximum Gasteiger partial charge on any atom is 0.312 e. The zero-order chi connectivity index (χ0) is 17.0. The average Bonchev–Trinajstić information content (AvgIpc) is 2.48. The summed E-state index contributed by atoms with van der Waals surface area (Å²) in [5.41, 5.74) is -0.389. The van der Waals surface area contributed by atoms with Crippen molar-refractivity contribution < 1.29 is 4.92 Å². The van der Waals surface area contributed by atoms with Crippen molar-refractivity contribution in [1.82, 2.24) is 14.8 Å². The minimum Gasteiger partial charge on any atom is -0.359 e. The number of nitrogens with one attached hydrogen (secondary N) is 1. The number of anilines is 1. The second-order valence-corrected chi connectivity index (χ2v) is 7.12. The van der Waals surface area contributed by atoms with Crippen LogP contribution in [0, 0.1) is 10.1 Å². The number of hydrogen-bond acceptors (Lipinski definition) is 6. The van der Waals surface area contributed by atoms with E-state index in [1.165, 1.54) is 12.3 Å². The van der Waals surface area contributed by atoms with Crippen molar-refractivity contribution in [3.05, 3.63) is 27.4 Å². The van der Waals surface area contributed by atoms with Crippen LogP contribution >= 0.6 is 11.6 Å². The Morgan fingerprint density at radius 1 is 1.39 bits per heavy atom. The molecule has 23 heavy (non-hydrogen) atoms. The van der Waals surface area contributed by atoms with Gasteiger partial charge in [-0.25, -0.2) is 4.98 Å². The van der Waals surface area contributed by atoms with E-state index in [1.807, 2.05) is 13.8 Å². The monoisotopic (exact) mass is 341 g/mol. The second kappa shape index (κ2) is 7.42.